The van der Waals surface area contributed by atoms with Gasteiger partial charge in [-0.05, 0) is 73.2 Å². The van der Waals surface area contributed by atoms with Gasteiger partial charge in [0.05, 0.1) is 24.1 Å². The quantitative estimate of drug-likeness (QED) is 0.496. The molecule has 1 N–H and O–H groups in total. The third-order valence-corrected chi connectivity index (χ3v) is 7.18. The molecule has 1 aromatic rings. The number of allylic oxidation sites excluding steroid dienone is 4. The van der Waals surface area contributed by atoms with E-state index in [0.29, 0.717) is 66.0 Å². The lowest BCUT2D eigenvalue weighted by Gasteiger charge is -2.44. The maximum atomic E-state index is 13.3. The number of ether oxygens (including phenoxy) is 2. The van der Waals surface area contributed by atoms with Gasteiger partial charge in [0.25, 0.3) is 0 Å². The molecule has 182 valence electrons. The Bertz CT molecular complexity index is 1050. The van der Waals surface area contributed by atoms with Crippen LogP contribution in [0.5, 0.6) is 11.5 Å². The molecular formula is C26H30BrNO6. The van der Waals surface area contributed by atoms with E-state index in [4.69, 9.17) is 9.47 Å². The Morgan fingerprint density at radius 3 is 2.12 bits per heavy atom. The molecule has 1 aliphatic heterocycles. The molecule has 0 saturated heterocycles. The fourth-order valence-electron chi connectivity index (χ4n) is 5.33. The molecule has 0 radical (unpaired) electrons. The van der Waals surface area contributed by atoms with E-state index < -0.39 is 11.9 Å². The molecule has 4 rings (SSSR count). The minimum absolute atomic E-state index is 0.0273. The zero-order chi connectivity index (χ0) is 24.4. The molecule has 0 atom stereocenters. The monoisotopic (exact) mass is 531 g/mol. The average Bonchev–Trinajstić information content (AvgIpc) is 2.79. The Balaban J connectivity index is 1.93. The standard InChI is InChI=1S/C26H30BrNO6/c1-3-33-21-14-15(13-16(27)26(21)34-4-2)23-24-17(7-5-9-19(24)29)28(12-11-22(31)32)18-8-6-10-20(30)25(18)23/h13-14,23H,3-12H2,1-2H3,(H,31,32). The molecule has 2 aliphatic carbocycles. The van der Waals surface area contributed by atoms with E-state index in [1.54, 1.807) is 0 Å². The largest absolute Gasteiger partial charge is 0.490 e. The van der Waals surface area contributed by atoms with Crippen molar-refractivity contribution in [1.29, 1.82) is 0 Å². The molecule has 1 aromatic carbocycles. The van der Waals surface area contributed by atoms with Crippen LogP contribution in [-0.2, 0) is 14.4 Å². The summed E-state index contributed by atoms with van der Waals surface area (Å²) in [7, 11) is 0. The zero-order valence-electron chi connectivity index (χ0n) is 19.6. The van der Waals surface area contributed by atoms with Gasteiger partial charge in [0.2, 0.25) is 0 Å². The summed E-state index contributed by atoms with van der Waals surface area (Å²) in [5.41, 5.74) is 3.81. The van der Waals surface area contributed by atoms with Crippen molar-refractivity contribution in [2.75, 3.05) is 19.8 Å². The molecular weight excluding hydrogens is 502 g/mol. The molecule has 0 aromatic heterocycles. The number of carboxylic acids is 1. The number of nitrogens with zero attached hydrogens (tertiary/aromatic N) is 1. The van der Waals surface area contributed by atoms with Crippen LogP contribution in [0, 0.1) is 0 Å². The Kier molecular flexibility index (Phi) is 7.45. The van der Waals surface area contributed by atoms with Gasteiger partial charge in [-0.25, -0.2) is 0 Å². The summed E-state index contributed by atoms with van der Waals surface area (Å²) in [6.45, 7) is 4.98. The number of carbonyl (C=O) groups excluding carboxylic acids is 2. The first-order valence-electron chi connectivity index (χ1n) is 12.0. The highest BCUT2D eigenvalue weighted by atomic mass is 79.9. The van der Waals surface area contributed by atoms with Crippen LogP contribution in [0.25, 0.3) is 0 Å². The van der Waals surface area contributed by atoms with E-state index in [-0.39, 0.29) is 24.5 Å². The van der Waals surface area contributed by atoms with Gasteiger partial charge in [-0.3, -0.25) is 14.4 Å². The minimum atomic E-state index is -0.896. The number of hydrogen-bond acceptors (Lipinski definition) is 6. The third-order valence-electron chi connectivity index (χ3n) is 6.59. The summed E-state index contributed by atoms with van der Waals surface area (Å²) in [6, 6.07) is 3.81. The van der Waals surface area contributed by atoms with Gasteiger partial charge >= 0.3 is 5.97 Å². The third kappa shape index (κ3) is 4.52. The molecule has 0 amide bonds. The molecule has 7 nitrogen and oxygen atoms in total. The number of halogens is 1. The van der Waals surface area contributed by atoms with E-state index in [2.05, 4.69) is 15.9 Å². The van der Waals surface area contributed by atoms with Crippen molar-refractivity contribution in [3.05, 3.63) is 44.7 Å². The second kappa shape index (κ2) is 10.3. The van der Waals surface area contributed by atoms with Crippen LogP contribution in [0.15, 0.2) is 39.1 Å². The van der Waals surface area contributed by atoms with Crippen LogP contribution in [0.1, 0.15) is 70.3 Å². The van der Waals surface area contributed by atoms with Gasteiger partial charge < -0.3 is 19.5 Å². The molecule has 3 aliphatic rings. The van der Waals surface area contributed by atoms with Crippen molar-refractivity contribution in [2.45, 2.75) is 64.7 Å². The highest BCUT2D eigenvalue weighted by Gasteiger charge is 2.43. The molecule has 0 bridgehead atoms. The second-order valence-corrected chi connectivity index (χ2v) is 9.55. The van der Waals surface area contributed by atoms with E-state index in [1.807, 2.05) is 30.9 Å². The highest BCUT2D eigenvalue weighted by molar-refractivity contribution is 9.10. The van der Waals surface area contributed by atoms with Crippen LogP contribution < -0.4 is 9.47 Å². The second-order valence-electron chi connectivity index (χ2n) is 8.70. The summed E-state index contributed by atoms with van der Waals surface area (Å²) in [4.78, 5) is 40.0. The zero-order valence-corrected chi connectivity index (χ0v) is 21.2. The molecule has 0 spiro atoms. The SMILES string of the molecule is CCOc1cc(C2C3=C(CCCC3=O)N(CCC(=O)O)C3=C2C(=O)CCC3)cc(Br)c1OCC. The van der Waals surface area contributed by atoms with Crippen LogP contribution in [0.3, 0.4) is 0 Å². The van der Waals surface area contributed by atoms with Crippen molar-refractivity contribution in [3.63, 3.8) is 0 Å². The van der Waals surface area contributed by atoms with Crippen molar-refractivity contribution in [1.82, 2.24) is 4.90 Å². The predicted molar refractivity (Wildman–Crippen MR) is 130 cm³/mol. The first-order chi connectivity index (χ1) is 16.4. The van der Waals surface area contributed by atoms with Crippen molar-refractivity contribution < 1.29 is 29.0 Å². The van der Waals surface area contributed by atoms with Crippen LogP contribution in [0.4, 0.5) is 0 Å². The van der Waals surface area contributed by atoms with Gasteiger partial charge in [-0.15, -0.1) is 0 Å². The molecule has 34 heavy (non-hydrogen) atoms. The Morgan fingerprint density at radius 2 is 1.59 bits per heavy atom. The molecule has 0 unspecified atom stereocenters. The van der Waals surface area contributed by atoms with Crippen molar-refractivity contribution in [2.24, 2.45) is 0 Å². The number of aliphatic carboxylic acids is 1. The van der Waals surface area contributed by atoms with Gasteiger partial charge in [0.15, 0.2) is 23.1 Å². The van der Waals surface area contributed by atoms with Crippen LogP contribution >= 0.6 is 15.9 Å². The number of carboxylic acid groups (broad SMARTS) is 1. The fourth-order valence-corrected chi connectivity index (χ4v) is 5.90. The smallest absolute Gasteiger partial charge is 0.305 e. The Labute approximate surface area is 207 Å². The summed E-state index contributed by atoms with van der Waals surface area (Å²) in [5.74, 6) is -0.164. The van der Waals surface area contributed by atoms with Gasteiger partial charge in [0.1, 0.15) is 0 Å². The van der Waals surface area contributed by atoms with Gasteiger partial charge in [0, 0.05) is 47.8 Å². The van der Waals surface area contributed by atoms with Gasteiger partial charge in [-0.1, -0.05) is 0 Å². The number of Topliss-reactive ketones (excluding diaryl/α,β-unsaturated/α-hetero) is 2. The normalized spacial score (nSPS) is 18.7. The van der Waals surface area contributed by atoms with Crippen LogP contribution in [-0.4, -0.2) is 47.3 Å². The summed E-state index contributed by atoms with van der Waals surface area (Å²) < 4.78 is 12.4. The topological polar surface area (TPSA) is 93.1 Å². The minimum Gasteiger partial charge on any atom is -0.490 e. The highest BCUT2D eigenvalue weighted by Crippen LogP contribution is 2.51. The molecule has 8 heteroatoms. The summed E-state index contributed by atoms with van der Waals surface area (Å²) >= 11 is 3.61. The lowest BCUT2D eigenvalue weighted by atomic mass is 9.71. The maximum absolute atomic E-state index is 13.3. The van der Waals surface area contributed by atoms with Crippen molar-refractivity contribution in [3.8, 4) is 11.5 Å². The number of benzene rings is 1. The first-order valence-corrected chi connectivity index (χ1v) is 12.8. The van der Waals surface area contributed by atoms with E-state index in [9.17, 15) is 19.5 Å². The van der Waals surface area contributed by atoms with E-state index >= 15 is 0 Å². The fraction of sp³-hybridized carbons (Fsp3) is 0.500. The summed E-state index contributed by atoms with van der Waals surface area (Å²) in [6.07, 6.45) is 3.63. The Hall–Kier alpha value is -2.61. The summed E-state index contributed by atoms with van der Waals surface area (Å²) in [5, 5.41) is 9.33. The van der Waals surface area contributed by atoms with Crippen molar-refractivity contribution >= 4 is 33.5 Å². The number of ketones is 2. The van der Waals surface area contributed by atoms with E-state index in [1.165, 1.54) is 0 Å². The predicted octanol–water partition coefficient (Wildman–Crippen LogP) is 5.13. The Morgan fingerprint density at radius 1 is 1.00 bits per heavy atom. The van der Waals surface area contributed by atoms with Gasteiger partial charge in [-0.2, -0.15) is 0 Å². The van der Waals surface area contributed by atoms with Crippen LogP contribution in [0.2, 0.25) is 0 Å². The lowest BCUT2D eigenvalue weighted by molar-refractivity contribution is -0.137. The number of carbonyl (C=O) groups is 3. The lowest BCUT2D eigenvalue weighted by Crippen LogP contribution is -2.39. The molecule has 0 fully saturated rings. The average molecular weight is 532 g/mol. The molecule has 0 saturated carbocycles. The first kappa shape index (κ1) is 24.5. The van der Waals surface area contributed by atoms with E-state index in [0.717, 1.165) is 29.8 Å². The molecule has 1 heterocycles. The number of hydrogen-bond donors (Lipinski definition) is 1. The maximum Gasteiger partial charge on any atom is 0.305 e. The number of rotatable bonds is 8.